The molecule has 0 saturated carbocycles. The molecule has 0 aliphatic heterocycles. The van der Waals surface area contributed by atoms with Crippen LogP contribution < -0.4 is 0 Å². The fraction of sp³-hybridized carbons (Fsp3) is 0.414. The molecule has 192 valence electrons. The quantitative estimate of drug-likeness (QED) is 0.350. The second kappa shape index (κ2) is 11.9. The van der Waals surface area contributed by atoms with Crippen LogP contribution >= 0.6 is 0 Å². The molecule has 1 aliphatic rings. The lowest BCUT2D eigenvalue weighted by Gasteiger charge is -2.35. The molecule has 0 N–H and O–H groups in total. The van der Waals surface area contributed by atoms with Crippen LogP contribution in [-0.4, -0.2) is 67.2 Å². The van der Waals surface area contributed by atoms with Gasteiger partial charge in [0.05, 0.1) is 6.42 Å². The number of carbonyl (C=O) groups excluding carboxylic acids is 3. The number of fused-ring (bicyclic) bond motifs is 3. The van der Waals surface area contributed by atoms with Gasteiger partial charge in [-0.1, -0.05) is 75.0 Å². The molecule has 2 aromatic rings. The van der Waals surface area contributed by atoms with Crippen LogP contribution in [0.5, 0.6) is 0 Å². The zero-order valence-corrected chi connectivity index (χ0v) is 21.8. The van der Waals surface area contributed by atoms with E-state index in [1.165, 1.54) is 15.9 Å². The first-order chi connectivity index (χ1) is 17.2. The van der Waals surface area contributed by atoms with Crippen LogP contribution in [0.2, 0.25) is 0 Å². The molecule has 0 aromatic heterocycles. The van der Waals surface area contributed by atoms with Gasteiger partial charge < -0.3 is 14.4 Å². The lowest BCUT2D eigenvalue weighted by Crippen LogP contribution is -2.53. The highest BCUT2D eigenvalue weighted by molar-refractivity contribution is 5.86. The molecular formula is C29H36N2O5. The smallest absolute Gasteiger partial charge is 0.410 e. The van der Waals surface area contributed by atoms with Crippen molar-refractivity contribution >= 4 is 18.0 Å². The molecule has 0 heterocycles. The number of carbonyl (C=O) groups is 3. The standard InChI is InChI=1S/C29H36N2O5/c1-7-16-35-26(32)17-20(4)30(5)28(33)27(19(2)3)31(6)29(34)36-18-25-23-14-10-8-12-21(23)22-13-9-11-15-24(22)25/h7-15,19-20,25,27H,1,16-18H2,2-6H3/t20-,27+/m1/s1. The normalized spacial score (nSPS) is 13.8. The van der Waals surface area contributed by atoms with Crippen molar-refractivity contribution < 1.29 is 23.9 Å². The molecule has 0 spiro atoms. The van der Waals surface area contributed by atoms with Crippen molar-refractivity contribution in [3.05, 3.63) is 72.3 Å². The SMILES string of the molecule is C=CCOC(=O)C[C@@H](C)N(C)C(=O)[C@H](C(C)C)N(C)C(=O)OCC1c2ccccc2-c2ccccc21. The van der Waals surface area contributed by atoms with E-state index >= 15 is 0 Å². The summed E-state index contributed by atoms with van der Waals surface area (Å²) in [6.07, 6.45) is 0.987. The molecule has 2 atom stereocenters. The average Bonchev–Trinajstić information content (AvgIpc) is 3.18. The predicted octanol–water partition coefficient (Wildman–Crippen LogP) is 4.86. The molecule has 7 heteroatoms. The summed E-state index contributed by atoms with van der Waals surface area (Å²) < 4.78 is 10.8. The fourth-order valence-electron chi connectivity index (χ4n) is 4.72. The van der Waals surface area contributed by atoms with Gasteiger partial charge in [0.1, 0.15) is 19.3 Å². The number of hydrogen-bond acceptors (Lipinski definition) is 5. The summed E-state index contributed by atoms with van der Waals surface area (Å²) in [7, 11) is 3.22. The Hall–Kier alpha value is -3.61. The first-order valence-electron chi connectivity index (χ1n) is 12.3. The van der Waals surface area contributed by atoms with E-state index in [1.807, 2.05) is 38.1 Å². The lowest BCUT2D eigenvalue weighted by molar-refractivity contribution is -0.145. The van der Waals surface area contributed by atoms with Crippen LogP contribution in [0.15, 0.2) is 61.2 Å². The molecule has 0 bridgehead atoms. The van der Waals surface area contributed by atoms with E-state index in [4.69, 9.17) is 9.47 Å². The molecule has 0 saturated heterocycles. The fourth-order valence-corrected chi connectivity index (χ4v) is 4.72. The van der Waals surface area contributed by atoms with E-state index in [1.54, 1.807) is 21.0 Å². The van der Waals surface area contributed by atoms with Gasteiger partial charge in [-0.2, -0.15) is 0 Å². The third kappa shape index (κ3) is 5.78. The van der Waals surface area contributed by atoms with Crippen LogP contribution in [0.25, 0.3) is 11.1 Å². The Bertz CT molecular complexity index is 1070. The van der Waals surface area contributed by atoms with Crippen LogP contribution in [0.4, 0.5) is 4.79 Å². The topological polar surface area (TPSA) is 76.2 Å². The number of esters is 1. The number of likely N-dealkylation sites (N-methyl/N-ethyl adjacent to an activating group) is 2. The Morgan fingerprint density at radius 1 is 0.917 bits per heavy atom. The number of hydrogen-bond donors (Lipinski definition) is 0. The largest absolute Gasteiger partial charge is 0.461 e. The number of ether oxygens (including phenoxy) is 2. The Kier molecular flexibility index (Phi) is 8.91. The van der Waals surface area contributed by atoms with Gasteiger partial charge in [0, 0.05) is 26.1 Å². The molecule has 0 unspecified atom stereocenters. The molecule has 3 rings (SSSR count). The van der Waals surface area contributed by atoms with Crippen LogP contribution in [0.3, 0.4) is 0 Å². The molecular weight excluding hydrogens is 456 g/mol. The molecule has 2 amide bonds. The Balaban J connectivity index is 1.68. The second-order valence-corrected chi connectivity index (χ2v) is 9.58. The zero-order valence-electron chi connectivity index (χ0n) is 21.8. The molecule has 0 radical (unpaired) electrons. The van der Waals surface area contributed by atoms with E-state index in [9.17, 15) is 14.4 Å². The Morgan fingerprint density at radius 2 is 1.47 bits per heavy atom. The number of rotatable bonds is 10. The maximum Gasteiger partial charge on any atom is 0.410 e. The Morgan fingerprint density at radius 3 is 2.00 bits per heavy atom. The molecule has 2 aromatic carbocycles. The minimum atomic E-state index is -0.739. The average molecular weight is 493 g/mol. The molecule has 36 heavy (non-hydrogen) atoms. The summed E-state index contributed by atoms with van der Waals surface area (Å²) in [6.45, 7) is 9.37. The van der Waals surface area contributed by atoms with E-state index in [0.717, 1.165) is 22.3 Å². The van der Waals surface area contributed by atoms with Gasteiger partial charge in [0.15, 0.2) is 0 Å². The summed E-state index contributed by atoms with van der Waals surface area (Å²) in [5.74, 6) is -0.893. The van der Waals surface area contributed by atoms with Gasteiger partial charge in [-0.3, -0.25) is 14.5 Å². The van der Waals surface area contributed by atoms with Crippen molar-refractivity contribution in [3.8, 4) is 11.1 Å². The number of nitrogens with zero attached hydrogens (tertiary/aromatic N) is 2. The number of amides is 2. The van der Waals surface area contributed by atoms with Crippen LogP contribution in [-0.2, 0) is 19.1 Å². The molecule has 7 nitrogen and oxygen atoms in total. The summed E-state index contributed by atoms with van der Waals surface area (Å²) in [5.41, 5.74) is 4.56. The van der Waals surface area contributed by atoms with Crippen LogP contribution in [0.1, 0.15) is 44.2 Å². The van der Waals surface area contributed by atoms with Gasteiger partial charge in [0.2, 0.25) is 5.91 Å². The van der Waals surface area contributed by atoms with Crippen molar-refractivity contribution in [1.82, 2.24) is 9.80 Å². The van der Waals surface area contributed by atoms with Crippen molar-refractivity contribution in [2.24, 2.45) is 5.92 Å². The van der Waals surface area contributed by atoms with E-state index < -0.39 is 24.1 Å². The summed E-state index contributed by atoms with van der Waals surface area (Å²) in [4.78, 5) is 41.3. The van der Waals surface area contributed by atoms with Gasteiger partial charge in [-0.05, 0) is 35.1 Å². The monoisotopic (exact) mass is 492 g/mol. The highest BCUT2D eigenvalue weighted by atomic mass is 16.6. The first kappa shape index (κ1) is 27.0. The lowest BCUT2D eigenvalue weighted by atomic mass is 9.98. The van der Waals surface area contributed by atoms with Gasteiger partial charge >= 0.3 is 12.1 Å². The van der Waals surface area contributed by atoms with Crippen molar-refractivity contribution in [1.29, 1.82) is 0 Å². The third-order valence-corrected chi connectivity index (χ3v) is 6.76. The number of benzene rings is 2. The zero-order chi connectivity index (χ0) is 26.4. The van der Waals surface area contributed by atoms with E-state index in [0.29, 0.717) is 0 Å². The van der Waals surface area contributed by atoms with E-state index in [2.05, 4.69) is 30.8 Å². The minimum Gasteiger partial charge on any atom is -0.461 e. The van der Waals surface area contributed by atoms with Gasteiger partial charge in [0.25, 0.3) is 0 Å². The molecule has 1 aliphatic carbocycles. The highest BCUT2D eigenvalue weighted by Gasteiger charge is 2.36. The van der Waals surface area contributed by atoms with E-state index in [-0.39, 0.29) is 37.4 Å². The first-order valence-corrected chi connectivity index (χ1v) is 12.3. The van der Waals surface area contributed by atoms with Gasteiger partial charge in [-0.25, -0.2) is 4.79 Å². The summed E-state index contributed by atoms with van der Waals surface area (Å²) >= 11 is 0. The molecule has 0 fully saturated rings. The second-order valence-electron chi connectivity index (χ2n) is 9.58. The maximum absolute atomic E-state index is 13.4. The highest BCUT2D eigenvalue weighted by Crippen LogP contribution is 2.44. The summed E-state index contributed by atoms with van der Waals surface area (Å²) in [6, 6.07) is 15.2. The van der Waals surface area contributed by atoms with Gasteiger partial charge in [-0.15, -0.1) is 0 Å². The van der Waals surface area contributed by atoms with Crippen LogP contribution in [0, 0.1) is 5.92 Å². The minimum absolute atomic E-state index is 0.0511. The van der Waals surface area contributed by atoms with Crippen molar-refractivity contribution in [2.45, 2.75) is 45.2 Å². The summed E-state index contributed by atoms with van der Waals surface area (Å²) in [5, 5.41) is 0. The van der Waals surface area contributed by atoms with Crippen molar-refractivity contribution in [3.63, 3.8) is 0 Å². The maximum atomic E-state index is 13.4. The van der Waals surface area contributed by atoms with Crippen molar-refractivity contribution in [2.75, 3.05) is 27.3 Å². The Labute approximate surface area is 213 Å². The predicted molar refractivity (Wildman–Crippen MR) is 139 cm³/mol. The third-order valence-electron chi connectivity index (χ3n) is 6.76.